The summed E-state index contributed by atoms with van der Waals surface area (Å²) in [6, 6.07) is 6.78. The van der Waals surface area contributed by atoms with Gasteiger partial charge in [-0.3, -0.25) is 4.98 Å². The van der Waals surface area contributed by atoms with Crippen molar-refractivity contribution in [3.8, 4) is 11.5 Å². The molecule has 3 rings (SSSR count). The van der Waals surface area contributed by atoms with Gasteiger partial charge < -0.3 is 4.98 Å². The van der Waals surface area contributed by atoms with Crippen molar-refractivity contribution >= 4 is 42.9 Å². The summed E-state index contributed by atoms with van der Waals surface area (Å²) >= 11 is 6.46. The highest BCUT2D eigenvalue weighted by Crippen LogP contribution is 2.24. The average Bonchev–Trinajstić information content (AvgIpc) is 2.73. The number of hydrogen-bond acceptors (Lipinski definition) is 2. The maximum atomic E-state index is 13.4. The zero-order valence-electron chi connectivity index (χ0n) is 8.92. The van der Waals surface area contributed by atoms with Gasteiger partial charge in [-0.05, 0) is 50.1 Å². The molecule has 0 saturated carbocycles. The number of pyridine rings is 1. The second-order valence-electron chi connectivity index (χ2n) is 3.73. The third-order valence-corrected chi connectivity index (χ3v) is 3.57. The zero-order chi connectivity index (χ0) is 12.7. The first-order chi connectivity index (χ1) is 8.63. The Balaban J connectivity index is 2.16. The summed E-state index contributed by atoms with van der Waals surface area (Å²) in [5.41, 5.74) is 2.06. The molecule has 0 atom stereocenters. The van der Waals surface area contributed by atoms with Crippen molar-refractivity contribution in [2.45, 2.75) is 0 Å². The normalized spacial score (nSPS) is 11.1. The number of nitrogens with zero attached hydrogens (tertiary/aromatic N) is 2. The Kier molecular flexibility index (Phi) is 2.91. The minimum Gasteiger partial charge on any atom is -0.337 e. The molecule has 0 spiro atoms. The maximum Gasteiger partial charge on any atom is 0.157 e. The molecule has 2 aromatic heterocycles. The summed E-state index contributed by atoms with van der Waals surface area (Å²) in [6.45, 7) is 0. The van der Waals surface area contributed by atoms with Gasteiger partial charge in [0.15, 0.2) is 5.82 Å². The van der Waals surface area contributed by atoms with Crippen LogP contribution in [0, 0.1) is 5.82 Å². The predicted molar refractivity (Wildman–Crippen MR) is 74.7 cm³/mol. The van der Waals surface area contributed by atoms with Gasteiger partial charge in [-0.15, -0.1) is 0 Å². The minimum absolute atomic E-state index is 0.318. The molecule has 1 N–H and O–H groups in total. The van der Waals surface area contributed by atoms with E-state index in [1.807, 2.05) is 12.1 Å². The Morgan fingerprint density at radius 1 is 1.17 bits per heavy atom. The van der Waals surface area contributed by atoms with E-state index >= 15 is 0 Å². The number of benzene rings is 1. The molecule has 90 valence electrons. The fourth-order valence-corrected chi connectivity index (χ4v) is 2.21. The van der Waals surface area contributed by atoms with Gasteiger partial charge in [0, 0.05) is 16.7 Å². The lowest BCUT2D eigenvalue weighted by Gasteiger charge is -1.94. The smallest absolute Gasteiger partial charge is 0.157 e. The van der Waals surface area contributed by atoms with Crippen molar-refractivity contribution in [3.05, 3.63) is 45.2 Å². The van der Waals surface area contributed by atoms with Crippen molar-refractivity contribution in [1.82, 2.24) is 15.0 Å². The van der Waals surface area contributed by atoms with Crippen molar-refractivity contribution in [2.24, 2.45) is 0 Å². The highest BCUT2D eigenvalue weighted by molar-refractivity contribution is 9.10. The first kappa shape index (κ1) is 11.8. The quantitative estimate of drug-likeness (QED) is 0.694. The molecule has 6 heteroatoms. The van der Waals surface area contributed by atoms with E-state index in [1.54, 1.807) is 12.3 Å². The van der Waals surface area contributed by atoms with E-state index in [2.05, 4.69) is 46.8 Å². The van der Waals surface area contributed by atoms with Gasteiger partial charge in [0.2, 0.25) is 0 Å². The molecule has 0 unspecified atom stereocenters. The number of H-pyrrole nitrogens is 1. The number of nitrogens with one attached hydrogen (secondary N) is 1. The molecule has 2 heterocycles. The zero-order valence-corrected chi connectivity index (χ0v) is 12.1. The molecule has 0 aliphatic rings. The van der Waals surface area contributed by atoms with E-state index in [-0.39, 0.29) is 5.82 Å². The van der Waals surface area contributed by atoms with Crippen LogP contribution in [0.2, 0.25) is 0 Å². The Labute approximate surface area is 119 Å². The van der Waals surface area contributed by atoms with E-state index in [1.165, 1.54) is 6.07 Å². The first-order valence-corrected chi connectivity index (χ1v) is 6.69. The molecule has 0 saturated heterocycles. The van der Waals surface area contributed by atoms with Crippen LogP contribution in [0.15, 0.2) is 39.4 Å². The molecule has 0 aliphatic heterocycles. The lowest BCUT2D eigenvalue weighted by Crippen LogP contribution is -1.84. The van der Waals surface area contributed by atoms with Gasteiger partial charge in [-0.25, -0.2) is 9.37 Å². The molecule has 0 radical (unpaired) electrons. The first-order valence-electron chi connectivity index (χ1n) is 5.10. The van der Waals surface area contributed by atoms with Crippen LogP contribution >= 0.6 is 31.9 Å². The van der Waals surface area contributed by atoms with Gasteiger partial charge in [0.05, 0.1) is 15.5 Å². The van der Waals surface area contributed by atoms with Crippen LogP contribution in [0.3, 0.4) is 0 Å². The van der Waals surface area contributed by atoms with Gasteiger partial charge in [-0.2, -0.15) is 0 Å². The largest absolute Gasteiger partial charge is 0.337 e. The lowest BCUT2D eigenvalue weighted by molar-refractivity contribution is 0.623. The second-order valence-corrected chi connectivity index (χ2v) is 5.50. The molecule has 18 heavy (non-hydrogen) atoms. The maximum absolute atomic E-state index is 13.4. The average molecular weight is 371 g/mol. The Hall–Kier alpha value is -1.27. The van der Waals surface area contributed by atoms with E-state index in [0.717, 1.165) is 4.47 Å². The molecule has 0 bridgehead atoms. The van der Waals surface area contributed by atoms with Crippen LogP contribution in [0.5, 0.6) is 0 Å². The minimum atomic E-state index is -0.318. The number of aromatic nitrogens is 3. The van der Waals surface area contributed by atoms with Crippen LogP contribution < -0.4 is 0 Å². The summed E-state index contributed by atoms with van der Waals surface area (Å²) < 4.78 is 14.7. The SMILES string of the molecule is Fc1cc2[nH]c(-c3ccc(Br)cn3)nc2cc1Br. The van der Waals surface area contributed by atoms with Crippen LogP contribution in [-0.2, 0) is 0 Å². The Morgan fingerprint density at radius 2 is 2.00 bits per heavy atom. The van der Waals surface area contributed by atoms with Crippen molar-refractivity contribution in [1.29, 1.82) is 0 Å². The summed E-state index contributed by atoms with van der Waals surface area (Å²) in [5.74, 6) is 0.302. The Morgan fingerprint density at radius 3 is 2.72 bits per heavy atom. The van der Waals surface area contributed by atoms with Gasteiger partial charge >= 0.3 is 0 Å². The number of aromatic amines is 1. The van der Waals surface area contributed by atoms with Crippen molar-refractivity contribution in [3.63, 3.8) is 0 Å². The lowest BCUT2D eigenvalue weighted by atomic mass is 10.3. The summed E-state index contributed by atoms with van der Waals surface area (Å²) in [4.78, 5) is 11.7. The Bertz CT molecular complexity index is 683. The van der Waals surface area contributed by atoms with Crippen LogP contribution in [0.1, 0.15) is 0 Å². The van der Waals surface area contributed by atoms with Crippen LogP contribution in [0.4, 0.5) is 4.39 Å². The molecule has 0 fully saturated rings. The monoisotopic (exact) mass is 369 g/mol. The fourth-order valence-electron chi connectivity index (χ4n) is 1.64. The molecular formula is C12H6Br2FN3. The number of halogens is 3. The van der Waals surface area contributed by atoms with Crippen LogP contribution in [-0.4, -0.2) is 15.0 Å². The fraction of sp³-hybridized carbons (Fsp3) is 0. The third-order valence-electron chi connectivity index (χ3n) is 2.49. The summed E-state index contributed by atoms with van der Waals surface area (Å²) in [7, 11) is 0. The van der Waals surface area contributed by atoms with Gasteiger partial charge in [-0.1, -0.05) is 0 Å². The van der Waals surface area contributed by atoms with Crippen molar-refractivity contribution < 1.29 is 4.39 Å². The topological polar surface area (TPSA) is 41.6 Å². The number of hydrogen-bond donors (Lipinski definition) is 1. The van der Waals surface area contributed by atoms with Crippen molar-refractivity contribution in [2.75, 3.05) is 0 Å². The third kappa shape index (κ3) is 2.06. The van der Waals surface area contributed by atoms with E-state index in [0.29, 0.717) is 27.0 Å². The second kappa shape index (κ2) is 4.44. The standard InChI is InChI=1S/C12H6Br2FN3/c13-6-1-2-9(16-5-6)12-17-10-3-7(14)8(15)4-11(10)18-12/h1-5H,(H,17,18). The van der Waals surface area contributed by atoms with Gasteiger partial charge in [0.25, 0.3) is 0 Å². The molecule has 3 aromatic rings. The molecule has 1 aromatic carbocycles. The molecule has 3 nitrogen and oxygen atoms in total. The highest BCUT2D eigenvalue weighted by atomic mass is 79.9. The summed E-state index contributed by atoms with van der Waals surface area (Å²) in [5, 5.41) is 0. The molecular weight excluding hydrogens is 365 g/mol. The number of rotatable bonds is 1. The number of imidazole rings is 1. The van der Waals surface area contributed by atoms with Gasteiger partial charge in [0.1, 0.15) is 11.5 Å². The highest BCUT2D eigenvalue weighted by Gasteiger charge is 2.09. The van der Waals surface area contributed by atoms with Crippen LogP contribution in [0.25, 0.3) is 22.6 Å². The molecule has 0 amide bonds. The van der Waals surface area contributed by atoms with E-state index < -0.39 is 0 Å². The molecule has 0 aliphatic carbocycles. The van der Waals surface area contributed by atoms with E-state index in [9.17, 15) is 4.39 Å². The van der Waals surface area contributed by atoms with E-state index in [4.69, 9.17) is 0 Å². The summed E-state index contributed by atoms with van der Waals surface area (Å²) in [6.07, 6.45) is 1.69. The predicted octanol–water partition coefficient (Wildman–Crippen LogP) is 4.29. The number of fused-ring (bicyclic) bond motifs is 1.